The number of rotatable bonds is 7. The molecule has 1 aliphatic rings. The molecular weight excluding hydrogens is 456 g/mol. The molecule has 0 unspecified atom stereocenters. The van der Waals surface area contributed by atoms with Gasteiger partial charge in [0.25, 0.3) is 0 Å². The number of hydrogen-bond donors (Lipinski definition) is 2. The molecule has 4 rings (SSSR count). The molecule has 0 spiro atoms. The van der Waals surface area contributed by atoms with Crippen LogP contribution < -0.4 is 15.8 Å². The average Bonchev–Trinajstić information content (AvgIpc) is 3.48. The van der Waals surface area contributed by atoms with Crippen LogP contribution in [-0.4, -0.2) is 43.9 Å². The molecule has 31 heavy (non-hydrogen) atoms. The van der Waals surface area contributed by atoms with Crippen LogP contribution in [0.4, 0.5) is 11.4 Å². The molecule has 2 heterocycles. The van der Waals surface area contributed by atoms with Crippen LogP contribution in [0.5, 0.6) is 5.75 Å². The van der Waals surface area contributed by atoms with E-state index in [1.807, 2.05) is 12.1 Å². The van der Waals surface area contributed by atoms with Gasteiger partial charge in [-0.05, 0) is 0 Å². The number of nitrogens with two attached hydrogens (primary N) is 1. The van der Waals surface area contributed by atoms with Gasteiger partial charge in [0.15, 0.2) is 0 Å². The third-order valence-corrected chi connectivity index (χ3v) is 5.71. The topological polar surface area (TPSA) is 147 Å². The molecule has 2 aromatic heterocycles. The third-order valence-electron chi connectivity index (χ3n) is 5.16. The standard InChI is InChI=1S/C19H19N7O4.Zn/c1-26-9-21-16(25-26)10-4-3-5-11(15(10)30-2)22-12-8-13(19(6-7-19)18(20)29)23-24-14(12)17(27)28;/h3-5,8-9H,6-7H2,1-2H3,(H2,20,29)(H,22,23)(H,27,28);/q;+1/p-1. The van der Waals surface area contributed by atoms with Crippen LogP contribution in [0.1, 0.15) is 29.0 Å². The van der Waals surface area contributed by atoms with Gasteiger partial charge in [0.2, 0.25) is 0 Å². The van der Waals surface area contributed by atoms with Crippen molar-refractivity contribution in [3.63, 3.8) is 0 Å². The summed E-state index contributed by atoms with van der Waals surface area (Å²) in [6.07, 6.45) is 2.76. The minimum absolute atomic E-state index is 0.00122. The van der Waals surface area contributed by atoms with Gasteiger partial charge in [-0.3, -0.25) is 0 Å². The number of nitrogens with one attached hydrogen (secondary N) is 1. The molecule has 12 heteroatoms. The predicted molar refractivity (Wildman–Crippen MR) is 104 cm³/mol. The Morgan fingerprint density at radius 3 is 2.61 bits per heavy atom. The van der Waals surface area contributed by atoms with Crippen LogP contribution in [0, 0.1) is 0 Å². The molecule has 0 bridgehead atoms. The second-order valence-electron chi connectivity index (χ2n) is 7.12. The molecule has 1 aliphatic carbocycles. The fraction of sp³-hybridized carbons (Fsp3) is 0.263. The second kappa shape index (κ2) is 8.03. The number of carbonyl (C=O) groups excluding carboxylic acids is 2. The van der Waals surface area contributed by atoms with Gasteiger partial charge in [-0.1, -0.05) is 0 Å². The summed E-state index contributed by atoms with van der Waals surface area (Å²) in [5.74, 6) is -0.119. The van der Waals surface area contributed by atoms with Gasteiger partial charge in [-0.25, -0.2) is 0 Å². The van der Waals surface area contributed by atoms with E-state index in [-0.39, 0.29) is 5.69 Å². The first-order chi connectivity index (χ1) is 14.9. The van der Waals surface area contributed by atoms with Gasteiger partial charge in [0.05, 0.1) is 0 Å². The van der Waals surface area contributed by atoms with Crippen molar-refractivity contribution in [2.75, 3.05) is 12.4 Å². The molecule has 1 aromatic carbocycles. The van der Waals surface area contributed by atoms with E-state index in [0.29, 0.717) is 65.7 Å². The fourth-order valence-electron chi connectivity index (χ4n) is 3.33. The van der Waals surface area contributed by atoms with Crippen LogP contribution in [0.15, 0.2) is 30.6 Å². The number of primary amides is 1. The summed E-state index contributed by atoms with van der Waals surface area (Å²) in [6.45, 7) is 0. The molecule has 0 saturated heterocycles. The molecule has 11 nitrogen and oxygen atoms in total. The molecule has 155 valence electrons. The van der Waals surface area contributed by atoms with Gasteiger partial charge in [0.1, 0.15) is 0 Å². The third kappa shape index (κ3) is 3.74. The number of nitrogens with zero attached hydrogens (tertiary/aromatic N) is 5. The molecule has 1 saturated carbocycles. The van der Waals surface area contributed by atoms with Crippen molar-refractivity contribution in [1.29, 1.82) is 0 Å². The summed E-state index contributed by atoms with van der Waals surface area (Å²) in [4.78, 5) is 28.5. The number of aryl methyl sites for hydroxylation is 1. The van der Waals surface area contributed by atoms with E-state index in [4.69, 9.17) is 14.0 Å². The Balaban J connectivity index is 1.80. The van der Waals surface area contributed by atoms with E-state index in [9.17, 15) is 9.59 Å². The maximum atomic E-state index is 12.3. The summed E-state index contributed by atoms with van der Waals surface area (Å²) in [7, 11) is 3.30. The Hall–Kier alpha value is -3.40. The van der Waals surface area contributed by atoms with Crippen LogP contribution in [0.3, 0.4) is 0 Å². The van der Waals surface area contributed by atoms with Gasteiger partial charge in [-0.2, -0.15) is 0 Å². The molecule has 3 aromatic rings. The zero-order valence-electron chi connectivity index (χ0n) is 17.0. The number of hydrogen-bond acceptors (Lipinski definition) is 9. The van der Waals surface area contributed by atoms with E-state index in [1.165, 1.54) is 7.11 Å². The Morgan fingerprint density at radius 1 is 1.26 bits per heavy atom. The van der Waals surface area contributed by atoms with Gasteiger partial charge < -0.3 is 0 Å². The molecule has 1 fully saturated rings. The van der Waals surface area contributed by atoms with E-state index >= 15 is 0 Å². The van der Waals surface area contributed by atoms with Crippen molar-refractivity contribution in [2.45, 2.75) is 18.3 Å². The minimum atomic E-state index is -0.851. The van der Waals surface area contributed by atoms with Crippen LogP contribution in [-0.2, 0) is 39.5 Å². The molecule has 0 radical (unpaired) electrons. The van der Waals surface area contributed by atoms with Crippen LogP contribution in [0.25, 0.3) is 11.4 Å². The van der Waals surface area contributed by atoms with Gasteiger partial charge >= 0.3 is 187 Å². The normalized spacial score (nSPS) is 14.1. The number of aromatic nitrogens is 5. The molecule has 3 N–H and O–H groups in total. The van der Waals surface area contributed by atoms with Crippen molar-refractivity contribution in [3.05, 3.63) is 42.0 Å². The van der Waals surface area contributed by atoms with E-state index in [0.717, 1.165) is 0 Å². The SMILES string of the molecule is COc1c(Nc2cc(C3(C(N)=O)CC3)nnc2C(=O)[O][Zn])cccc1-c1ncn(C)n1. The fourth-order valence-corrected chi connectivity index (χ4v) is 3.62. The van der Waals surface area contributed by atoms with E-state index in [1.54, 1.807) is 30.2 Å². The first-order valence-corrected chi connectivity index (χ1v) is 10.5. The molecule has 0 atom stereocenters. The zero-order chi connectivity index (χ0) is 22.2. The first-order valence-electron chi connectivity index (χ1n) is 9.34. The molecule has 0 aliphatic heterocycles. The van der Waals surface area contributed by atoms with Gasteiger partial charge in [-0.15, -0.1) is 0 Å². The maximum absolute atomic E-state index is 12.3. The van der Waals surface area contributed by atoms with E-state index < -0.39 is 17.3 Å². The Labute approximate surface area is 187 Å². The zero-order valence-corrected chi connectivity index (χ0v) is 19.9. The van der Waals surface area contributed by atoms with Crippen LogP contribution in [0.2, 0.25) is 0 Å². The van der Waals surface area contributed by atoms with E-state index in [2.05, 4.69) is 25.6 Å². The number of benzene rings is 1. The van der Waals surface area contributed by atoms with Crippen molar-refractivity contribution >= 4 is 23.3 Å². The Bertz CT molecular complexity index is 1180. The monoisotopic (exact) mass is 472 g/mol. The number of amides is 1. The number of ether oxygens (including phenoxy) is 1. The summed E-state index contributed by atoms with van der Waals surface area (Å²) >= 11 is 0.303. The number of anilines is 2. The average molecular weight is 474 g/mol. The van der Waals surface area contributed by atoms with Crippen molar-refractivity contribution in [2.24, 2.45) is 12.8 Å². The Morgan fingerprint density at radius 2 is 2.03 bits per heavy atom. The van der Waals surface area contributed by atoms with Crippen LogP contribution >= 0.6 is 0 Å². The second-order valence-corrected chi connectivity index (χ2v) is 7.73. The predicted octanol–water partition coefficient (Wildman–Crippen LogP) is 1.16. The first kappa shape index (κ1) is 20.9. The van der Waals surface area contributed by atoms with Gasteiger partial charge in [0, 0.05) is 0 Å². The number of para-hydroxylation sites is 1. The van der Waals surface area contributed by atoms with Crippen molar-refractivity contribution < 1.29 is 36.6 Å². The summed E-state index contributed by atoms with van der Waals surface area (Å²) in [5, 5.41) is 15.6. The molecule has 1 amide bonds. The quantitative estimate of drug-likeness (QED) is 0.482. The number of methoxy groups -OCH3 is 1. The number of carbonyl (C=O) groups is 2. The Kier molecular flexibility index (Phi) is 5.40. The summed E-state index contributed by atoms with van der Waals surface area (Å²) in [5.41, 5.74) is 6.68. The summed E-state index contributed by atoms with van der Waals surface area (Å²) in [6, 6.07) is 7.03. The summed E-state index contributed by atoms with van der Waals surface area (Å²) < 4.78 is 12.2. The van der Waals surface area contributed by atoms with Crippen molar-refractivity contribution in [1.82, 2.24) is 25.0 Å². The van der Waals surface area contributed by atoms with Crippen molar-refractivity contribution in [3.8, 4) is 17.1 Å². The molecular formula is C19H18N7O4Zn.